The Hall–Kier alpha value is -3.72. The van der Waals surface area contributed by atoms with E-state index in [1.165, 1.54) is 17.2 Å². The molecule has 0 unspecified atom stereocenters. The topological polar surface area (TPSA) is 106 Å². The van der Waals surface area contributed by atoms with Gasteiger partial charge in [-0.1, -0.05) is 28.1 Å². The van der Waals surface area contributed by atoms with Crippen molar-refractivity contribution in [1.29, 1.82) is 0 Å². The van der Waals surface area contributed by atoms with Gasteiger partial charge in [0.1, 0.15) is 6.54 Å². The number of aromatic nitrogens is 2. The van der Waals surface area contributed by atoms with Crippen molar-refractivity contribution < 1.29 is 14.0 Å². The number of halogens is 1. The van der Waals surface area contributed by atoms with Gasteiger partial charge in [0.25, 0.3) is 11.5 Å². The molecular formula is C22H17BrN4O4. The highest BCUT2D eigenvalue weighted by Gasteiger charge is 2.10. The molecule has 0 aliphatic rings. The minimum absolute atomic E-state index is 0.150. The summed E-state index contributed by atoms with van der Waals surface area (Å²) >= 11 is 3.34. The maximum absolute atomic E-state index is 12.6. The Kier molecular flexibility index (Phi) is 5.94. The van der Waals surface area contributed by atoms with Crippen LogP contribution in [0.15, 0.2) is 80.9 Å². The highest BCUT2D eigenvalue weighted by atomic mass is 79.9. The number of anilines is 1. The Bertz CT molecular complexity index is 1310. The van der Waals surface area contributed by atoms with E-state index in [0.29, 0.717) is 16.6 Å². The molecule has 0 fully saturated rings. The molecule has 0 saturated carbocycles. The predicted molar refractivity (Wildman–Crippen MR) is 119 cm³/mol. The number of rotatable bonds is 6. The summed E-state index contributed by atoms with van der Waals surface area (Å²) in [5.74, 6) is -0.482. The number of carbonyl (C=O) groups excluding carboxylic acids is 2. The molecule has 31 heavy (non-hydrogen) atoms. The summed E-state index contributed by atoms with van der Waals surface area (Å²) in [4.78, 5) is 41.3. The zero-order valence-corrected chi connectivity index (χ0v) is 17.8. The van der Waals surface area contributed by atoms with Gasteiger partial charge in [-0.15, -0.1) is 0 Å². The van der Waals surface area contributed by atoms with Gasteiger partial charge in [-0.2, -0.15) is 0 Å². The molecule has 4 aromatic rings. The molecule has 0 saturated heterocycles. The second kappa shape index (κ2) is 8.97. The van der Waals surface area contributed by atoms with Crippen LogP contribution in [0.5, 0.6) is 0 Å². The summed E-state index contributed by atoms with van der Waals surface area (Å²) in [5.41, 5.74) is 1.65. The first-order chi connectivity index (χ1) is 15.0. The van der Waals surface area contributed by atoms with Crippen molar-refractivity contribution in [3.05, 3.63) is 93.3 Å². The molecule has 4 rings (SSSR count). The van der Waals surface area contributed by atoms with E-state index in [1.54, 1.807) is 48.5 Å². The first-order valence-electron chi connectivity index (χ1n) is 9.35. The van der Waals surface area contributed by atoms with Crippen molar-refractivity contribution in [2.24, 2.45) is 0 Å². The molecule has 2 aromatic carbocycles. The molecule has 0 spiro atoms. The van der Waals surface area contributed by atoms with Crippen LogP contribution in [0.4, 0.5) is 5.69 Å². The van der Waals surface area contributed by atoms with Crippen molar-refractivity contribution in [3.63, 3.8) is 0 Å². The first kappa shape index (κ1) is 20.5. The van der Waals surface area contributed by atoms with E-state index in [-0.39, 0.29) is 36.2 Å². The standard InChI is InChI=1S/C22H17BrN4O4/c23-15-6-7-18-17(10-15)22(30)27(13-25-18)12-20(28)24-11-14-3-1-4-16(9-14)26-21(29)19-5-2-8-31-19/h1-10,13H,11-12H2,(H,24,28)(H,26,29). The Morgan fingerprint density at radius 1 is 1.10 bits per heavy atom. The number of hydrogen-bond donors (Lipinski definition) is 2. The number of carbonyl (C=O) groups is 2. The molecule has 2 aromatic heterocycles. The smallest absolute Gasteiger partial charge is 0.291 e. The van der Waals surface area contributed by atoms with Gasteiger partial charge in [-0.05, 0) is 48.0 Å². The SMILES string of the molecule is O=C(Cn1cnc2ccc(Br)cc2c1=O)NCc1cccc(NC(=O)c2ccco2)c1. The highest BCUT2D eigenvalue weighted by Crippen LogP contribution is 2.15. The highest BCUT2D eigenvalue weighted by molar-refractivity contribution is 9.10. The van der Waals surface area contributed by atoms with Crippen LogP contribution < -0.4 is 16.2 Å². The Labute approximate surface area is 185 Å². The molecule has 0 bridgehead atoms. The minimum atomic E-state index is -0.360. The van der Waals surface area contributed by atoms with Crippen LogP contribution in [0.3, 0.4) is 0 Å². The van der Waals surface area contributed by atoms with E-state index in [1.807, 2.05) is 6.07 Å². The Balaban J connectivity index is 1.39. The van der Waals surface area contributed by atoms with Crippen molar-refractivity contribution >= 4 is 44.3 Å². The van der Waals surface area contributed by atoms with Gasteiger partial charge in [0.15, 0.2) is 5.76 Å². The van der Waals surface area contributed by atoms with Crippen LogP contribution in [0.25, 0.3) is 10.9 Å². The van der Waals surface area contributed by atoms with E-state index in [4.69, 9.17) is 4.42 Å². The summed E-state index contributed by atoms with van der Waals surface area (Å²) in [5, 5.41) is 5.95. The summed E-state index contributed by atoms with van der Waals surface area (Å²) in [6.45, 7) is 0.0911. The fraction of sp³-hybridized carbons (Fsp3) is 0.0909. The number of furan rings is 1. The minimum Gasteiger partial charge on any atom is -0.459 e. The van der Waals surface area contributed by atoms with Gasteiger partial charge in [0, 0.05) is 16.7 Å². The van der Waals surface area contributed by atoms with Crippen LogP contribution in [0, 0.1) is 0 Å². The van der Waals surface area contributed by atoms with Gasteiger partial charge in [0.2, 0.25) is 5.91 Å². The molecule has 9 heteroatoms. The second-order valence-electron chi connectivity index (χ2n) is 6.75. The molecule has 2 heterocycles. The van der Waals surface area contributed by atoms with Crippen LogP contribution in [0.1, 0.15) is 16.1 Å². The van der Waals surface area contributed by atoms with E-state index in [2.05, 4.69) is 31.5 Å². The van der Waals surface area contributed by atoms with E-state index < -0.39 is 0 Å². The van der Waals surface area contributed by atoms with E-state index >= 15 is 0 Å². The average Bonchev–Trinajstić information content (AvgIpc) is 3.30. The summed E-state index contributed by atoms with van der Waals surface area (Å²) in [7, 11) is 0. The zero-order chi connectivity index (χ0) is 21.8. The summed E-state index contributed by atoms with van der Waals surface area (Å²) in [6, 6.07) is 15.5. The predicted octanol–water partition coefficient (Wildman–Crippen LogP) is 3.32. The fourth-order valence-corrected chi connectivity index (χ4v) is 3.38. The van der Waals surface area contributed by atoms with Gasteiger partial charge in [0.05, 0.1) is 23.5 Å². The van der Waals surface area contributed by atoms with Gasteiger partial charge in [-0.25, -0.2) is 4.98 Å². The third-order valence-corrected chi connectivity index (χ3v) is 5.01. The van der Waals surface area contributed by atoms with Crippen LogP contribution in [-0.4, -0.2) is 21.4 Å². The number of amides is 2. The lowest BCUT2D eigenvalue weighted by molar-refractivity contribution is -0.121. The van der Waals surface area contributed by atoms with Crippen molar-refractivity contribution in [2.45, 2.75) is 13.1 Å². The summed E-state index contributed by atoms with van der Waals surface area (Å²) < 4.78 is 7.10. The normalized spacial score (nSPS) is 10.7. The molecule has 8 nitrogen and oxygen atoms in total. The molecule has 2 N–H and O–H groups in total. The molecule has 0 atom stereocenters. The van der Waals surface area contributed by atoms with Crippen LogP contribution in [0.2, 0.25) is 0 Å². The maximum atomic E-state index is 12.6. The number of hydrogen-bond acceptors (Lipinski definition) is 5. The average molecular weight is 481 g/mol. The molecule has 0 aliphatic carbocycles. The Morgan fingerprint density at radius 3 is 2.77 bits per heavy atom. The van der Waals surface area contributed by atoms with Crippen molar-refractivity contribution in [2.75, 3.05) is 5.32 Å². The Morgan fingerprint density at radius 2 is 1.97 bits per heavy atom. The molecule has 156 valence electrons. The third kappa shape index (κ3) is 4.89. The molecule has 0 radical (unpaired) electrons. The number of nitrogens with zero attached hydrogens (tertiary/aromatic N) is 2. The molecule has 0 aliphatic heterocycles. The largest absolute Gasteiger partial charge is 0.459 e. The first-order valence-corrected chi connectivity index (χ1v) is 10.1. The zero-order valence-electron chi connectivity index (χ0n) is 16.2. The van der Waals surface area contributed by atoms with Gasteiger partial charge in [-0.3, -0.25) is 19.0 Å². The monoisotopic (exact) mass is 480 g/mol. The number of fused-ring (bicyclic) bond motifs is 1. The van der Waals surface area contributed by atoms with Crippen molar-refractivity contribution in [1.82, 2.24) is 14.9 Å². The number of benzene rings is 2. The van der Waals surface area contributed by atoms with Gasteiger partial charge < -0.3 is 15.1 Å². The number of nitrogens with one attached hydrogen (secondary N) is 2. The van der Waals surface area contributed by atoms with E-state index in [0.717, 1.165) is 10.0 Å². The molecular weight excluding hydrogens is 464 g/mol. The third-order valence-electron chi connectivity index (χ3n) is 4.52. The lowest BCUT2D eigenvalue weighted by atomic mass is 10.2. The van der Waals surface area contributed by atoms with Gasteiger partial charge >= 0.3 is 0 Å². The fourth-order valence-electron chi connectivity index (χ4n) is 3.01. The molecule has 2 amide bonds. The lowest BCUT2D eigenvalue weighted by Crippen LogP contribution is -2.32. The van der Waals surface area contributed by atoms with E-state index in [9.17, 15) is 14.4 Å². The summed E-state index contributed by atoms with van der Waals surface area (Å²) in [6.07, 6.45) is 2.79. The quantitative estimate of drug-likeness (QED) is 0.440. The lowest BCUT2D eigenvalue weighted by Gasteiger charge is -2.10. The second-order valence-corrected chi connectivity index (χ2v) is 7.66. The van der Waals surface area contributed by atoms with Crippen molar-refractivity contribution in [3.8, 4) is 0 Å². The maximum Gasteiger partial charge on any atom is 0.291 e. The van der Waals surface area contributed by atoms with Crippen LogP contribution >= 0.6 is 15.9 Å². The van der Waals surface area contributed by atoms with Crippen LogP contribution in [-0.2, 0) is 17.9 Å².